The zero-order chi connectivity index (χ0) is 23.9. The van der Waals surface area contributed by atoms with Gasteiger partial charge in [0.2, 0.25) is 0 Å². The first-order chi connectivity index (χ1) is 15.6. The van der Waals surface area contributed by atoms with Crippen molar-refractivity contribution >= 4 is 28.6 Å². The SMILES string of the molecule is COc1nc(Cl)cc(-n2ncc3cc(C)c(C4CCN(C(=O)OC(C)(C)C)CC4F)cc32)n1. The summed E-state index contributed by atoms with van der Waals surface area (Å²) in [5, 5.41) is 5.57. The Morgan fingerprint density at radius 2 is 2.00 bits per heavy atom. The summed E-state index contributed by atoms with van der Waals surface area (Å²) in [4.78, 5) is 22.2. The minimum absolute atomic E-state index is 0.00492. The largest absolute Gasteiger partial charge is 0.467 e. The molecule has 8 nitrogen and oxygen atoms in total. The van der Waals surface area contributed by atoms with E-state index in [4.69, 9.17) is 21.1 Å². The van der Waals surface area contributed by atoms with Crippen molar-refractivity contribution in [3.8, 4) is 11.8 Å². The van der Waals surface area contributed by atoms with Gasteiger partial charge in [-0.05, 0) is 57.4 Å². The number of benzene rings is 1. The Balaban J connectivity index is 1.64. The van der Waals surface area contributed by atoms with Crippen LogP contribution in [0.4, 0.5) is 9.18 Å². The standard InChI is InChI=1S/C23H27ClFN5O3/c1-13-8-14-11-26-30(20-10-19(24)27-21(28-20)32-5)18(14)9-16(13)15-6-7-29(12-17(15)25)22(31)33-23(2,3)4/h8-11,15,17H,6-7,12H2,1-5H3. The molecule has 1 fully saturated rings. The van der Waals surface area contributed by atoms with Gasteiger partial charge in [-0.1, -0.05) is 11.6 Å². The predicted molar refractivity (Wildman–Crippen MR) is 123 cm³/mol. The molecule has 1 aromatic carbocycles. The van der Waals surface area contributed by atoms with E-state index in [9.17, 15) is 4.79 Å². The summed E-state index contributed by atoms with van der Waals surface area (Å²) in [5.74, 6) is 0.105. The average Bonchev–Trinajstić information content (AvgIpc) is 3.14. The lowest BCUT2D eigenvalue weighted by molar-refractivity contribution is 0.0111. The second-order valence-corrected chi connectivity index (χ2v) is 9.58. The van der Waals surface area contributed by atoms with Gasteiger partial charge in [-0.2, -0.15) is 15.1 Å². The Morgan fingerprint density at radius 1 is 1.24 bits per heavy atom. The first kappa shape index (κ1) is 23.2. The van der Waals surface area contributed by atoms with Crippen LogP contribution in [0.1, 0.15) is 44.2 Å². The maximum absolute atomic E-state index is 15.3. The molecule has 1 aliphatic heterocycles. The number of carbonyl (C=O) groups excluding carboxylic acids is 1. The van der Waals surface area contributed by atoms with Crippen LogP contribution in [-0.2, 0) is 4.74 Å². The molecule has 176 valence electrons. The van der Waals surface area contributed by atoms with Gasteiger partial charge in [0.15, 0.2) is 5.82 Å². The van der Waals surface area contributed by atoms with Gasteiger partial charge in [0.1, 0.15) is 16.9 Å². The highest BCUT2D eigenvalue weighted by atomic mass is 35.5. The van der Waals surface area contributed by atoms with Gasteiger partial charge in [-0.15, -0.1) is 0 Å². The summed E-state index contributed by atoms with van der Waals surface area (Å²) >= 11 is 6.11. The number of carbonyl (C=O) groups is 1. The summed E-state index contributed by atoms with van der Waals surface area (Å²) < 4.78 is 27.5. The first-order valence-electron chi connectivity index (χ1n) is 10.7. The van der Waals surface area contributed by atoms with Gasteiger partial charge >= 0.3 is 12.1 Å². The molecule has 1 aliphatic rings. The number of aryl methyl sites for hydroxylation is 1. The Morgan fingerprint density at radius 3 is 2.67 bits per heavy atom. The van der Waals surface area contributed by atoms with Crippen molar-refractivity contribution < 1.29 is 18.7 Å². The van der Waals surface area contributed by atoms with Crippen LogP contribution in [0, 0.1) is 6.92 Å². The lowest BCUT2D eigenvalue weighted by atomic mass is 9.85. The number of aromatic nitrogens is 4. The van der Waals surface area contributed by atoms with E-state index >= 15 is 4.39 Å². The fourth-order valence-electron chi connectivity index (χ4n) is 4.12. The highest BCUT2D eigenvalue weighted by molar-refractivity contribution is 6.29. The van der Waals surface area contributed by atoms with Crippen LogP contribution in [-0.4, -0.2) is 62.7 Å². The van der Waals surface area contributed by atoms with Crippen molar-refractivity contribution in [2.75, 3.05) is 20.2 Å². The molecule has 10 heteroatoms. The molecular formula is C23H27ClFN5O3. The average molecular weight is 476 g/mol. The molecule has 2 atom stereocenters. The molecule has 3 aromatic rings. The molecule has 0 aliphatic carbocycles. The Hall–Kier alpha value is -2.94. The van der Waals surface area contributed by atoms with Gasteiger partial charge in [0, 0.05) is 23.9 Å². The zero-order valence-corrected chi connectivity index (χ0v) is 20.1. The van der Waals surface area contributed by atoms with Crippen molar-refractivity contribution in [2.24, 2.45) is 0 Å². The number of halogens is 2. The smallest absolute Gasteiger partial charge is 0.410 e. The molecule has 33 heavy (non-hydrogen) atoms. The minimum atomic E-state index is -1.22. The number of ether oxygens (including phenoxy) is 2. The van der Waals surface area contributed by atoms with Crippen LogP contribution in [0.2, 0.25) is 5.15 Å². The first-order valence-corrected chi connectivity index (χ1v) is 11.1. The van der Waals surface area contributed by atoms with Gasteiger partial charge in [-0.25, -0.2) is 13.9 Å². The normalized spacial score (nSPS) is 19.1. The lowest BCUT2D eigenvalue weighted by Crippen LogP contribution is -2.46. The number of likely N-dealkylation sites (tertiary alicyclic amines) is 1. The number of hydrogen-bond acceptors (Lipinski definition) is 6. The van der Waals surface area contributed by atoms with Crippen LogP contribution in [0.25, 0.3) is 16.7 Å². The van der Waals surface area contributed by atoms with Gasteiger partial charge in [0.25, 0.3) is 0 Å². The van der Waals surface area contributed by atoms with Gasteiger partial charge in [-0.3, -0.25) is 0 Å². The van der Waals surface area contributed by atoms with Crippen LogP contribution < -0.4 is 4.74 Å². The molecule has 1 saturated heterocycles. The summed E-state index contributed by atoms with van der Waals surface area (Å²) in [5.41, 5.74) is 2.01. The number of amides is 1. The van der Waals surface area contributed by atoms with E-state index in [1.165, 1.54) is 12.0 Å². The third kappa shape index (κ3) is 4.88. The van der Waals surface area contributed by atoms with E-state index in [2.05, 4.69) is 15.1 Å². The Labute approximate surface area is 196 Å². The topological polar surface area (TPSA) is 82.4 Å². The molecular weight excluding hydrogens is 449 g/mol. The predicted octanol–water partition coefficient (Wildman–Crippen LogP) is 4.85. The fraction of sp³-hybridized carbons (Fsp3) is 0.478. The van der Waals surface area contributed by atoms with Crippen molar-refractivity contribution in [1.82, 2.24) is 24.6 Å². The molecule has 0 spiro atoms. The maximum atomic E-state index is 15.3. The van der Waals surface area contributed by atoms with Crippen molar-refractivity contribution in [3.63, 3.8) is 0 Å². The van der Waals surface area contributed by atoms with Crippen molar-refractivity contribution in [3.05, 3.63) is 40.7 Å². The van der Waals surface area contributed by atoms with Crippen molar-refractivity contribution in [2.45, 2.75) is 51.8 Å². The Kier molecular flexibility index (Phi) is 6.18. The third-order valence-corrected chi connectivity index (χ3v) is 5.80. The van der Waals surface area contributed by atoms with Crippen LogP contribution in [0.15, 0.2) is 24.4 Å². The molecule has 2 unspecified atom stereocenters. The minimum Gasteiger partial charge on any atom is -0.467 e. The molecule has 0 radical (unpaired) electrons. The monoisotopic (exact) mass is 475 g/mol. The van der Waals surface area contributed by atoms with E-state index in [0.29, 0.717) is 18.8 Å². The Bertz CT molecular complexity index is 1190. The van der Waals surface area contributed by atoms with Crippen LogP contribution in [0.5, 0.6) is 6.01 Å². The molecule has 0 bridgehead atoms. The van der Waals surface area contributed by atoms with Crippen LogP contribution >= 0.6 is 11.6 Å². The number of hydrogen-bond donors (Lipinski definition) is 0. The fourth-order valence-corrected chi connectivity index (χ4v) is 4.29. The number of methoxy groups -OCH3 is 1. The molecule has 4 rings (SSSR count). The van der Waals surface area contributed by atoms with E-state index in [1.807, 2.05) is 19.1 Å². The van der Waals surface area contributed by atoms with E-state index < -0.39 is 17.9 Å². The number of fused-ring (bicyclic) bond motifs is 1. The molecule has 3 heterocycles. The molecule has 2 aromatic heterocycles. The maximum Gasteiger partial charge on any atom is 0.410 e. The summed E-state index contributed by atoms with van der Waals surface area (Å²) in [6, 6.07) is 5.65. The molecule has 0 N–H and O–H groups in total. The lowest BCUT2D eigenvalue weighted by Gasteiger charge is -2.36. The van der Waals surface area contributed by atoms with Crippen molar-refractivity contribution in [1.29, 1.82) is 0 Å². The number of piperidine rings is 1. The van der Waals surface area contributed by atoms with E-state index in [-0.39, 0.29) is 23.6 Å². The molecule has 1 amide bonds. The van der Waals surface area contributed by atoms with Gasteiger partial charge in [0.05, 0.1) is 25.4 Å². The number of alkyl halides is 1. The highest BCUT2D eigenvalue weighted by Gasteiger charge is 2.35. The quantitative estimate of drug-likeness (QED) is 0.504. The number of nitrogens with zero attached hydrogens (tertiary/aromatic N) is 5. The van der Waals surface area contributed by atoms with Crippen LogP contribution in [0.3, 0.4) is 0 Å². The van der Waals surface area contributed by atoms with Gasteiger partial charge < -0.3 is 14.4 Å². The summed E-state index contributed by atoms with van der Waals surface area (Å²) in [6.07, 6.45) is 0.525. The summed E-state index contributed by atoms with van der Waals surface area (Å²) in [6.45, 7) is 7.78. The van der Waals surface area contributed by atoms with E-state index in [1.54, 1.807) is 37.7 Å². The van der Waals surface area contributed by atoms with E-state index in [0.717, 1.165) is 22.0 Å². The third-order valence-electron chi connectivity index (χ3n) is 5.61. The molecule has 0 saturated carbocycles. The summed E-state index contributed by atoms with van der Waals surface area (Å²) in [7, 11) is 1.46. The zero-order valence-electron chi connectivity index (χ0n) is 19.3. The number of rotatable bonds is 3. The second kappa shape index (κ2) is 8.78. The highest BCUT2D eigenvalue weighted by Crippen LogP contribution is 2.35. The second-order valence-electron chi connectivity index (χ2n) is 9.20.